The van der Waals surface area contributed by atoms with E-state index in [0.29, 0.717) is 18.9 Å². The maximum Gasteiger partial charge on any atom is 0.161 e. The van der Waals surface area contributed by atoms with Crippen LogP contribution in [0.25, 0.3) is 0 Å². The lowest BCUT2D eigenvalue weighted by molar-refractivity contribution is -0.117. The fraction of sp³-hybridized carbons (Fsp3) is 0.727. The molecule has 0 saturated heterocycles. The molecule has 0 aliphatic heterocycles. The monoisotopic (exact) mass is 182 g/mol. The molecule has 0 amide bonds. The Labute approximate surface area is 80.0 Å². The molecule has 2 heteroatoms. The molecule has 0 heterocycles. The molecule has 1 aliphatic rings. The largest absolute Gasteiger partial charge is 0.501 e. The van der Waals surface area contributed by atoms with E-state index in [-0.39, 0.29) is 5.78 Å². The van der Waals surface area contributed by atoms with E-state index < -0.39 is 0 Å². The summed E-state index contributed by atoms with van der Waals surface area (Å²) < 4.78 is 5.15. The third-order valence-electron chi connectivity index (χ3n) is 2.62. The highest BCUT2D eigenvalue weighted by Crippen LogP contribution is 2.27. The zero-order valence-electron chi connectivity index (χ0n) is 8.51. The summed E-state index contributed by atoms with van der Waals surface area (Å²) in [4.78, 5) is 11.4. The van der Waals surface area contributed by atoms with Crippen molar-refractivity contribution in [2.45, 2.75) is 39.5 Å². The molecule has 1 saturated carbocycles. The third kappa shape index (κ3) is 2.87. The minimum atomic E-state index is 0.276. The molecule has 0 N–H and O–H groups in total. The summed E-state index contributed by atoms with van der Waals surface area (Å²) in [5, 5.41) is 0. The Morgan fingerprint density at radius 3 is 2.92 bits per heavy atom. The van der Waals surface area contributed by atoms with Crippen LogP contribution in [0, 0.1) is 5.92 Å². The third-order valence-corrected chi connectivity index (χ3v) is 2.62. The van der Waals surface area contributed by atoms with Gasteiger partial charge in [-0.05, 0) is 25.7 Å². The van der Waals surface area contributed by atoms with E-state index in [1.807, 2.05) is 6.92 Å². The number of rotatable bonds is 3. The van der Waals surface area contributed by atoms with Gasteiger partial charge in [-0.2, -0.15) is 0 Å². The maximum absolute atomic E-state index is 11.4. The van der Waals surface area contributed by atoms with Gasteiger partial charge in [0.15, 0.2) is 5.78 Å². The van der Waals surface area contributed by atoms with Crippen molar-refractivity contribution in [1.29, 1.82) is 0 Å². The highest BCUT2D eigenvalue weighted by molar-refractivity contribution is 5.95. The molecular formula is C11H18O2. The summed E-state index contributed by atoms with van der Waals surface area (Å²) in [7, 11) is 0. The molecular weight excluding hydrogens is 164 g/mol. The summed E-state index contributed by atoms with van der Waals surface area (Å²) in [6.07, 6.45) is 5.49. The Bertz CT molecular complexity index is 206. The van der Waals surface area contributed by atoms with Gasteiger partial charge in [0.25, 0.3) is 0 Å². The summed E-state index contributed by atoms with van der Waals surface area (Å²) in [5.41, 5.74) is 0.889. The number of Topliss-reactive ketones (excluding diaryl/α,β-unsaturated/α-hetero) is 1. The Morgan fingerprint density at radius 2 is 2.31 bits per heavy atom. The maximum atomic E-state index is 11.4. The van der Waals surface area contributed by atoms with Crippen LogP contribution in [0.2, 0.25) is 0 Å². The zero-order chi connectivity index (χ0) is 9.68. The van der Waals surface area contributed by atoms with Crippen LogP contribution in [0.4, 0.5) is 0 Å². The van der Waals surface area contributed by atoms with E-state index in [1.165, 1.54) is 0 Å². The Hall–Kier alpha value is -0.790. The van der Waals surface area contributed by atoms with E-state index in [2.05, 4.69) is 6.92 Å². The number of ether oxygens (including phenoxy) is 1. The number of hydrogen-bond acceptors (Lipinski definition) is 2. The predicted molar refractivity (Wildman–Crippen MR) is 52.3 cm³/mol. The smallest absolute Gasteiger partial charge is 0.161 e. The fourth-order valence-electron chi connectivity index (χ4n) is 1.67. The van der Waals surface area contributed by atoms with Gasteiger partial charge >= 0.3 is 0 Å². The lowest BCUT2D eigenvalue weighted by Gasteiger charge is -2.21. The van der Waals surface area contributed by atoms with Crippen LogP contribution < -0.4 is 0 Å². The van der Waals surface area contributed by atoms with Gasteiger partial charge in [-0.25, -0.2) is 0 Å². The topological polar surface area (TPSA) is 26.3 Å². The Morgan fingerprint density at radius 1 is 1.54 bits per heavy atom. The highest BCUT2D eigenvalue weighted by Gasteiger charge is 2.22. The standard InChI is InChI=1S/C11H18O2/c1-3-9-5-6-11(12)10(7-9)8-13-4-2/h8-9H,3-7H2,1-2H3. The van der Waals surface area contributed by atoms with E-state index in [4.69, 9.17) is 4.74 Å². The normalized spacial score (nSPS) is 26.5. The van der Waals surface area contributed by atoms with Crippen LogP contribution in [0.1, 0.15) is 39.5 Å². The molecule has 0 aromatic heterocycles. The summed E-state index contributed by atoms with van der Waals surface area (Å²) >= 11 is 0. The number of carbonyl (C=O) groups excluding carboxylic acids is 1. The fourth-order valence-corrected chi connectivity index (χ4v) is 1.67. The number of allylic oxidation sites excluding steroid dienone is 1. The first kappa shape index (κ1) is 10.3. The minimum Gasteiger partial charge on any atom is -0.501 e. The molecule has 0 bridgehead atoms. The summed E-state index contributed by atoms with van der Waals surface area (Å²) in [5.74, 6) is 0.961. The van der Waals surface area contributed by atoms with Gasteiger partial charge in [-0.1, -0.05) is 13.3 Å². The molecule has 0 spiro atoms. The van der Waals surface area contributed by atoms with E-state index in [1.54, 1.807) is 6.26 Å². The molecule has 1 fully saturated rings. The molecule has 1 aliphatic carbocycles. The van der Waals surface area contributed by atoms with E-state index in [9.17, 15) is 4.79 Å². The number of ketones is 1. The minimum absolute atomic E-state index is 0.276. The summed E-state index contributed by atoms with van der Waals surface area (Å²) in [6, 6.07) is 0. The van der Waals surface area contributed by atoms with Crippen LogP contribution in [-0.4, -0.2) is 12.4 Å². The van der Waals surface area contributed by atoms with Gasteiger partial charge in [0.05, 0.1) is 12.9 Å². The first-order chi connectivity index (χ1) is 6.27. The zero-order valence-corrected chi connectivity index (χ0v) is 8.51. The van der Waals surface area contributed by atoms with Gasteiger partial charge in [0, 0.05) is 12.0 Å². The molecule has 0 aromatic rings. The van der Waals surface area contributed by atoms with Crippen LogP contribution in [0.15, 0.2) is 11.8 Å². The van der Waals surface area contributed by atoms with Crippen molar-refractivity contribution < 1.29 is 9.53 Å². The molecule has 74 valence electrons. The SMILES string of the molecule is CCOC=C1CC(CC)CCC1=O. The molecule has 0 aromatic carbocycles. The molecule has 1 atom stereocenters. The van der Waals surface area contributed by atoms with Crippen LogP contribution in [0.5, 0.6) is 0 Å². The van der Waals surface area contributed by atoms with E-state index >= 15 is 0 Å². The van der Waals surface area contributed by atoms with Crippen molar-refractivity contribution >= 4 is 5.78 Å². The Balaban J connectivity index is 2.54. The molecule has 1 unspecified atom stereocenters. The number of carbonyl (C=O) groups is 1. The van der Waals surface area contributed by atoms with Gasteiger partial charge in [-0.15, -0.1) is 0 Å². The van der Waals surface area contributed by atoms with Crippen molar-refractivity contribution in [1.82, 2.24) is 0 Å². The molecule has 13 heavy (non-hydrogen) atoms. The first-order valence-electron chi connectivity index (χ1n) is 5.11. The second-order valence-electron chi connectivity index (χ2n) is 3.54. The van der Waals surface area contributed by atoms with Crippen LogP contribution in [-0.2, 0) is 9.53 Å². The highest BCUT2D eigenvalue weighted by atomic mass is 16.5. The van der Waals surface area contributed by atoms with Gasteiger partial charge in [0.2, 0.25) is 0 Å². The molecule has 1 rings (SSSR count). The quantitative estimate of drug-likeness (QED) is 0.495. The second-order valence-corrected chi connectivity index (χ2v) is 3.54. The second kappa shape index (κ2) is 5.05. The number of hydrogen-bond donors (Lipinski definition) is 0. The lowest BCUT2D eigenvalue weighted by Crippen LogP contribution is -2.16. The average molecular weight is 182 g/mol. The Kier molecular flexibility index (Phi) is 4.00. The van der Waals surface area contributed by atoms with Crippen molar-refractivity contribution in [2.75, 3.05) is 6.61 Å². The molecule has 2 nitrogen and oxygen atoms in total. The van der Waals surface area contributed by atoms with E-state index in [0.717, 1.165) is 24.8 Å². The van der Waals surface area contributed by atoms with Crippen molar-refractivity contribution in [3.63, 3.8) is 0 Å². The van der Waals surface area contributed by atoms with Gasteiger partial charge in [-0.3, -0.25) is 4.79 Å². The van der Waals surface area contributed by atoms with Gasteiger partial charge < -0.3 is 4.74 Å². The molecule has 0 radical (unpaired) electrons. The van der Waals surface area contributed by atoms with Crippen molar-refractivity contribution in [3.8, 4) is 0 Å². The van der Waals surface area contributed by atoms with Gasteiger partial charge in [0.1, 0.15) is 0 Å². The van der Waals surface area contributed by atoms with Crippen LogP contribution in [0.3, 0.4) is 0 Å². The van der Waals surface area contributed by atoms with Crippen molar-refractivity contribution in [2.24, 2.45) is 5.92 Å². The first-order valence-corrected chi connectivity index (χ1v) is 5.11. The summed E-state index contributed by atoms with van der Waals surface area (Å²) in [6.45, 7) is 4.76. The van der Waals surface area contributed by atoms with Crippen LogP contribution >= 0.6 is 0 Å². The van der Waals surface area contributed by atoms with Crippen molar-refractivity contribution in [3.05, 3.63) is 11.8 Å². The predicted octanol–water partition coefficient (Wildman–Crippen LogP) is 2.69. The average Bonchev–Trinajstić information content (AvgIpc) is 2.17. The lowest BCUT2D eigenvalue weighted by atomic mass is 9.84.